The van der Waals surface area contributed by atoms with E-state index in [1.165, 1.54) is 13.1 Å². The topological polar surface area (TPSA) is 28.2 Å². The third-order valence-corrected chi connectivity index (χ3v) is 2.75. The fourth-order valence-electron chi connectivity index (χ4n) is 1.40. The van der Waals surface area contributed by atoms with E-state index in [4.69, 9.17) is 0 Å². The van der Waals surface area contributed by atoms with E-state index < -0.39 is 0 Å². The number of likely N-dealkylation sites (N-methyl/N-ethyl adjacent to an activating group) is 1. The highest BCUT2D eigenvalue weighted by Crippen LogP contribution is 2.05. The molecular weight excluding hydrogens is 170 g/mol. The smallest absolute Gasteiger partial charge is 0.0795 e. The monoisotopic (exact) mass is 183 g/mol. The minimum atomic E-state index is 0.678. The van der Waals surface area contributed by atoms with Gasteiger partial charge in [0.15, 0.2) is 0 Å². The Balaban J connectivity index is 1.70. The summed E-state index contributed by atoms with van der Waals surface area (Å²) in [6.07, 6.45) is 0. The highest BCUT2D eigenvalue weighted by molar-refractivity contribution is 7.07. The molecule has 66 valence electrons. The molecule has 1 N–H and O–H groups in total. The van der Waals surface area contributed by atoms with E-state index >= 15 is 0 Å². The molecule has 3 nitrogen and oxygen atoms in total. The van der Waals surface area contributed by atoms with E-state index in [1.54, 1.807) is 11.3 Å². The summed E-state index contributed by atoms with van der Waals surface area (Å²) in [5, 5.41) is 5.55. The molecule has 1 aliphatic heterocycles. The molecule has 12 heavy (non-hydrogen) atoms. The highest BCUT2D eigenvalue weighted by atomic mass is 32.1. The van der Waals surface area contributed by atoms with Crippen LogP contribution in [0.4, 0.5) is 0 Å². The van der Waals surface area contributed by atoms with Gasteiger partial charge in [-0.1, -0.05) is 0 Å². The van der Waals surface area contributed by atoms with E-state index in [9.17, 15) is 0 Å². The molecule has 0 atom stereocenters. The van der Waals surface area contributed by atoms with Gasteiger partial charge >= 0.3 is 0 Å². The molecule has 2 heterocycles. The van der Waals surface area contributed by atoms with E-state index in [0.29, 0.717) is 6.04 Å². The minimum Gasteiger partial charge on any atom is -0.306 e. The Labute approximate surface area is 76.4 Å². The number of nitrogens with one attached hydrogen (secondary N) is 1. The lowest BCUT2D eigenvalue weighted by Gasteiger charge is -2.36. The summed E-state index contributed by atoms with van der Waals surface area (Å²) >= 11 is 1.66. The van der Waals surface area contributed by atoms with Crippen molar-refractivity contribution in [2.75, 3.05) is 20.1 Å². The lowest BCUT2D eigenvalue weighted by molar-refractivity contribution is 0.160. The lowest BCUT2D eigenvalue weighted by atomic mass is 10.1. The number of hydrogen-bond acceptors (Lipinski definition) is 4. The molecule has 4 heteroatoms. The van der Waals surface area contributed by atoms with Crippen molar-refractivity contribution in [3.05, 3.63) is 16.6 Å². The number of rotatable bonds is 3. The molecule has 0 radical (unpaired) electrons. The van der Waals surface area contributed by atoms with Crippen LogP contribution in [-0.2, 0) is 6.54 Å². The van der Waals surface area contributed by atoms with Gasteiger partial charge in [0.1, 0.15) is 0 Å². The van der Waals surface area contributed by atoms with Crippen LogP contribution in [0, 0.1) is 0 Å². The quantitative estimate of drug-likeness (QED) is 0.741. The van der Waals surface area contributed by atoms with Crippen LogP contribution in [-0.4, -0.2) is 36.1 Å². The van der Waals surface area contributed by atoms with Gasteiger partial charge in [-0.15, -0.1) is 11.3 Å². The summed E-state index contributed by atoms with van der Waals surface area (Å²) < 4.78 is 0. The van der Waals surface area contributed by atoms with Gasteiger partial charge in [-0.2, -0.15) is 0 Å². The molecule has 1 fully saturated rings. The van der Waals surface area contributed by atoms with Crippen molar-refractivity contribution < 1.29 is 0 Å². The SMILES string of the molecule is CN1CC(NCc2cscn2)C1. The third kappa shape index (κ3) is 1.83. The standard InChI is InChI=1S/C8H13N3S/c1-11-3-8(4-11)9-2-7-5-12-6-10-7/h5-6,8-9H,2-4H2,1H3. The Morgan fingerprint density at radius 2 is 2.58 bits per heavy atom. The average Bonchev–Trinajstić information content (AvgIpc) is 2.47. The van der Waals surface area contributed by atoms with Gasteiger partial charge in [0, 0.05) is 31.1 Å². The molecule has 0 aliphatic carbocycles. The first-order valence-corrected chi connectivity index (χ1v) is 5.08. The largest absolute Gasteiger partial charge is 0.306 e. The predicted molar refractivity (Wildman–Crippen MR) is 50.2 cm³/mol. The molecule has 0 aromatic carbocycles. The molecule has 1 aromatic rings. The van der Waals surface area contributed by atoms with Crippen LogP contribution in [0.15, 0.2) is 10.9 Å². The van der Waals surface area contributed by atoms with Gasteiger partial charge < -0.3 is 10.2 Å². The van der Waals surface area contributed by atoms with Crippen molar-refractivity contribution in [2.24, 2.45) is 0 Å². The third-order valence-electron chi connectivity index (χ3n) is 2.12. The van der Waals surface area contributed by atoms with E-state index in [1.807, 2.05) is 5.51 Å². The van der Waals surface area contributed by atoms with Crippen molar-refractivity contribution in [3.63, 3.8) is 0 Å². The molecule has 1 aliphatic rings. The number of hydrogen-bond donors (Lipinski definition) is 1. The predicted octanol–water partition coefficient (Wildman–Crippen LogP) is 0.547. The summed E-state index contributed by atoms with van der Waals surface area (Å²) in [5.74, 6) is 0. The minimum absolute atomic E-state index is 0.678. The van der Waals surface area contributed by atoms with Crippen molar-refractivity contribution >= 4 is 11.3 Å². The van der Waals surface area contributed by atoms with Crippen LogP contribution in [0.5, 0.6) is 0 Å². The molecule has 0 amide bonds. The average molecular weight is 183 g/mol. The molecule has 0 saturated carbocycles. The molecule has 0 unspecified atom stereocenters. The van der Waals surface area contributed by atoms with E-state index in [-0.39, 0.29) is 0 Å². The van der Waals surface area contributed by atoms with Gasteiger partial charge in [-0.05, 0) is 7.05 Å². The number of aromatic nitrogens is 1. The summed E-state index contributed by atoms with van der Waals surface area (Å²) in [5.41, 5.74) is 3.04. The zero-order valence-corrected chi connectivity index (χ0v) is 7.97. The molecular formula is C8H13N3S. The van der Waals surface area contributed by atoms with Gasteiger partial charge in [-0.25, -0.2) is 4.98 Å². The fraction of sp³-hybridized carbons (Fsp3) is 0.625. The van der Waals surface area contributed by atoms with Crippen LogP contribution < -0.4 is 5.32 Å². The Bertz CT molecular complexity index is 228. The second-order valence-corrected chi connectivity index (χ2v) is 4.00. The fourth-order valence-corrected chi connectivity index (χ4v) is 1.96. The van der Waals surface area contributed by atoms with Crippen LogP contribution >= 0.6 is 11.3 Å². The van der Waals surface area contributed by atoms with Crippen LogP contribution in [0.1, 0.15) is 5.69 Å². The van der Waals surface area contributed by atoms with Crippen LogP contribution in [0.25, 0.3) is 0 Å². The van der Waals surface area contributed by atoms with Crippen molar-refractivity contribution in [1.29, 1.82) is 0 Å². The second kappa shape index (κ2) is 3.51. The van der Waals surface area contributed by atoms with Crippen LogP contribution in [0.3, 0.4) is 0 Å². The highest BCUT2D eigenvalue weighted by Gasteiger charge is 2.21. The zero-order valence-electron chi connectivity index (χ0n) is 7.16. The van der Waals surface area contributed by atoms with Crippen LogP contribution in [0.2, 0.25) is 0 Å². The maximum Gasteiger partial charge on any atom is 0.0795 e. The first kappa shape index (κ1) is 8.16. The molecule has 0 spiro atoms. The Hall–Kier alpha value is -0.450. The van der Waals surface area contributed by atoms with Crippen molar-refractivity contribution in [1.82, 2.24) is 15.2 Å². The summed E-state index contributed by atoms with van der Waals surface area (Å²) in [7, 11) is 2.14. The molecule has 0 bridgehead atoms. The normalized spacial score (nSPS) is 19.4. The second-order valence-electron chi connectivity index (χ2n) is 3.28. The lowest BCUT2D eigenvalue weighted by Crippen LogP contribution is -2.55. The molecule has 1 aromatic heterocycles. The molecule has 1 saturated heterocycles. The molecule has 2 rings (SSSR count). The summed E-state index contributed by atoms with van der Waals surface area (Å²) in [6.45, 7) is 3.26. The number of nitrogens with zero attached hydrogens (tertiary/aromatic N) is 2. The first-order valence-electron chi connectivity index (χ1n) is 4.13. The van der Waals surface area contributed by atoms with E-state index in [2.05, 4.69) is 27.6 Å². The maximum atomic E-state index is 4.21. The van der Waals surface area contributed by atoms with Crippen molar-refractivity contribution in [2.45, 2.75) is 12.6 Å². The Morgan fingerprint density at radius 3 is 3.17 bits per heavy atom. The number of thiazole rings is 1. The Kier molecular flexibility index (Phi) is 2.39. The van der Waals surface area contributed by atoms with Gasteiger partial charge in [-0.3, -0.25) is 0 Å². The van der Waals surface area contributed by atoms with E-state index in [0.717, 1.165) is 12.2 Å². The summed E-state index contributed by atoms with van der Waals surface area (Å²) in [6, 6.07) is 0.678. The maximum absolute atomic E-state index is 4.21. The first-order chi connectivity index (χ1) is 5.84. The van der Waals surface area contributed by atoms with Gasteiger partial charge in [0.05, 0.1) is 11.2 Å². The summed E-state index contributed by atoms with van der Waals surface area (Å²) in [4.78, 5) is 6.51. The Morgan fingerprint density at radius 1 is 1.75 bits per heavy atom. The zero-order chi connectivity index (χ0) is 8.39. The van der Waals surface area contributed by atoms with Gasteiger partial charge in [0.2, 0.25) is 0 Å². The number of likely N-dealkylation sites (tertiary alicyclic amines) is 1. The van der Waals surface area contributed by atoms with Crippen molar-refractivity contribution in [3.8, 4) is 0 Å². The van der Waals surface area contributed by atoms with Gasteiger partial charge in [0.25, 0.3) is 0 Å².